The molecule has 0 aliphatic rings. The second kappa shape index (κ2) is 11.0. The van der Waals surface area contributed by atoms with E-state index >= 15 is 0 Å². The number of hydrogen-bond donors (Lipinski definition) is 2. The van der Waals surface area contributed by atoms with Crippen molar-refractivity contribution in [3.8, 4) is 0 Å². The minimum atomic E-state index is 0. The summed E-state index contributed by atoms with van der Waals surface area (Å²) >= 11 is 0. The molecule has 0 amide bonds. The van der Waals surface area contributed by atoms with Gasteiger partial charge in [0.05, 0.1) is 0 Å². The van der Waals surface area contributed by atoms with Gasteiger partial charge in [0.15, 0.2) is 0 Å². The van der Waals surface area contributed by atoms with Crippen molar-refractivity contribution >= 4 is 0 Å². The zero-order valence-electron chi connectivity index (χ0n) is 7.64. The molecule has 0 unspecified atom stereocenters. The Balaban J connectivity index is 0. The zero-order valence-corrected chi connectivity index (χ0v) is 10.5. The molecule has 0 aliphatic heterocycles. The van der Waals surface area contributed by atoms with E-state index in [-0.39, 0.29) is 32.7 Å². The van der Waals surface area contributed by atoms with Crippen LogP contribution in [0.5, 0.6) is 0 Å². The summed E-state index contributed by atoms with van der Waals surface area (Å²) in [5.74, 6) is 0.821. The first-order valence-electron chi connectivity index (χ1n) is 4.14. The molecule has 0 aromatic heterocycles. The van der Waals surface area contributed by atoms with Crippen LogP contribution in [0.15, 0.2) is 0 Å². The van der Waals surface area contributed by atoms with Crippen molar-refractivity contribution in [2.24, 2.45) is 5.92 Å². The van der Waals surface area contributed by atoms with E-state index in [0.29, 0.717) is 0 Å². The summed E-state index contributed by atoms with van der Waals surface area (Å²) in [5.41, 5.74) is 2.16. The van der Waals surface area contributed by atoms with Crippen molar-refractivity contribution < 1.29 is 37.9 Å². The van der Waals surface area contributed by atoms with Crippen molar-refractivity contribution in [1.29, 1.82) is 0 Å². The first-order valence-corrected chi connectivity index (χ1v) is 4.14. The van der Waals surface area contributed by atoms with Crippen LogP contribution in [0.4, 0.5) is 0 Å². The first-order chi connectivity index (χ1) is 4.77. The van der Waals surface area contributed by atoms with Crippen LogP contribution in [0.2, 0.25) is 0 Å². The molecule has 0 atom stereocenters. The summed E-state index contributed by atoms with van der Waals surface area (Å²) < 4.78 is 0. The third-order valence-electron chi connectivity index (χ3n) is 1.57. The Morgan fingerprint density at radius 2 is 1.82 bits per heavy atom. The molecule has 1 radical (unpaired) electrons. The van der Waals surface area contributed by atoms with Crippen LogP contribution >= 0.6 is 0 Å². The molecule has 2 nitrogen and oxygen atoms in total. The van der Waals surface area contributed by atoms with Gasteiger partial charge in [0.1, 0.15) is 0 Å². The second-order valence-corrected chi connectivity index (χ2v) is 3.15. The van der Waals surface area contributed by atoms with Crippen molar-refractivity contribution in [1.82, 2.24) is 5.48 Å². The van der Waals surface area contributed by atoms with Crippen LogP contribution in [-0.4, -0.2) is 11.8 Å². The van der Waals surface area contributed by atoms with Crippen LogP contribution < -0.4 is 5.48 Å². The van der Waals surface area contributed by atoms with Gasteiger partial charge >= 0.3 is 0 Å². The minimum Gasteiger partial charge on any atom is -0.317 e. The largest absolute Gasteiger partial charge is 0.317 e. The van der Waals surface area contributed by atoms with Gasteiger partial charge in [-0.15, -0.1) is 0 Å². The molecular weight excluding hydrogens is 215 g/mol. The van der Waals surface area contributed by atoms with Gasteiger partial charge in [0.2, 0.25) is 0 Å². The normalized spacial score (nSPS) is 9.82. The Bertz CT molecular complexity index is 69.1. The van der Waals surface area contributed by atoms with E-state index in [4.69, 9.17) is 5.21 Å². The van der Waals surface area contributed by atoms with E-state index in [1.165, 1.54) is 19.3 Å². The van der Waals surface area contributed by atoms with Crippen LogP contribution in [0, 0.1) is 5.92 Å². The first kappa shape index (κ1) is 14.5. The van der Waals surface area contributed by atoms with Gasteiger partial charge in [0.25, 0.3) is 0 Å². The monoisotopic (exact) mass is 234 g/mol. The molecule has 0 saturated carbocycles. The number of rotatable bonds is 6. The molecule has 0 bridgehead atoms. The van der Waals surface area contributed by atoms with Gasteiger partial charge in [-0.25, -0.2) is 5.48 Å². The molecule has 0 rings (SSSR count). The second-order valence-electron chi connectivity index (χ2n) is 3.15. The third-order valence-corrected chi connectivity index (χ3v) is 1.57. The molecule has 0 aliphatic carbocycles. The molecule has 0 spiro atoms. The topological polar surface area (TPSA) is 32.3 Å². The van der Waals surface area contributed by atoms with E-state index in [0.717, 1.165) is 18.9 Å². The zero-order chi connectivity index (χ0) is 7.82. The van der Waals surface area contributed by atoms with Crippen LogP contribution in [-0.2, 0) is 32.7 Å². The Kier molecular flexibility index (Phi) is 14.6. The van der Waals surface area contributed by atoms with Crippen molar-refractivity contribution in [2.45, 2.75) is 39.5 Å². The molecule has 2 N–H and O–H groups in total. The van der Waals surface area contributed by atoms with Gasteiger partial charge in [-0.1, -0.05) is 33.1 Å². The third kappa shape index (κ3) is 13.9. The summed E-state index contributed by atoms with van der Waals surface area (Å²) in [7, 11) is 0. The fraction of sp³-hybridized carbons (Fsp3) is 1.00. The average molecular weight is 234 g/mol. The van der Waals surface area contributed by atoms with E-state index in [9.17, 15) is 0 Å². The summed E-state index contributed by atoms with van der Waals surface area (Å²) in [6.45, 7) is 5.21. The predicted molar refractivity (Wildman–Crippen MR) is 43.1 cm³/mol. The average Bonchev–Trinajstić information content (AvgIpc) is 1.87. The van der Waals surface area contributed by atoms with E-state index in [1.54, 1.807) is 0 Å². The summed E-state index contributed by atoms with van der Waals surface area (Å²) in [4.78, 5) is 0. The maximum Gasteiger partial charge on any atom is 0.0207 e. The standard InChI is InChI=1S/C8H19NO.Y/c1-8(2)6-4-3-5-7-9-10;/h8-10H,3-7H2,1-2H3;. The van der Waals surface area contributed by atoms with E-state index < -0.39 is 0 Å². The predicted octanol–water partition coefficient (Wildman–Crippen LogP) is 2.18. The minimum absolute atomic E-state index is 0. The Labute approximate surface area is 95.0 Å². The molecule has 0 heterocycles. The fourth-order valence-electron chi connectivity index (χ4n) is 0.933. The molecule has 0 aromatic carbocycles. The van der Waals surface area contributed by atoms with Gasteiger partial charge in [-0.3, -0.25) is 0 Å². The number of hydrogen-bond acceptors (Lipinski definition) is 2. The molecular formula is C8H19NOY. The van der Waals surface area contributed by atoms with Gasteiger partial charge in [-0.2, -0.15) is 0 Å². The summed E-state index contributed by atoms with van der Waals surface area (Å²) in [5, 5.41) is 8.22. The van der Waals surface area contributed by atoms with Gasteiger partial charge in [0, 0.05) is 39.3 Å². The molecule has 0 fully saturated rings. The van der Waals surface area contributed by atoms with Crippen LogP contribution in [0.3, 0.4) is 0 Å². The van der Waals surface area contributed by atoms with Crippen molar-refractivity contribution in [3.63, 3.8) is 0 Å². The number of unbranched alkanes of at least 4 members (excludes halogenated alkanes) is 2. The van der Waals surface area contributed by atoms with E-state index in [1.807, 2.05) is 0 Å². The number of nitrogens with one attached hydrogen (secondary N) is 1. The SMILES string of the molecule is CC(C)CCCCCNO.[Y]. The Hall–Kier alpha value is 1.02. The number of hydroxylamine groups is 1. The molecule has 0 saturated heterocycles. The Morgan fingerprint density at radius 1 is 1.18 bits per heavy atom. The smallest absolute Gasteiger partial charge is 0.0207 e. The fourth-order valence-corrected chi connectivity index (χ4v) is 0.933. The van der Waals surface area contributed by atoms with Crippen LogP contribution in [0.1, 0.15) is 39.5 Å². The van der Waals surface area contributed by atoms with Gasteiger partial charge in [-0.05, 0) is 12.3 Å². The molecule has 0 aromatic rings. The maximum atomic E-state index is 8.22. The maximum absolute atomic E-state index is 8.22. The van der Waals surface area contributed by atoms with Crippen molar-refractivity contribution in [2.75, 3.05) is 6.54 Å². The van der Waals surface area contributed by atoms with E-state index in [2.05, 4.69) is 19.3 Å². The summed E-state index contributed by atoms with van der Waals surface area (Å²) in [6.07, 6.45) is 4.92. The molecule has 65 valence electrons. The quantitative estimate of drug-likeness (QED) is 0.545. The molecule has 11 heavy (non-hydrogen) atoms. The van der Waals surface area contributed by atoms with Crippen molar-refractivity contribution in [3.05, 3.63) is 0 Å². The Morgan fingerprint density at radius 3 is 2.27 bits per heavy atom. The van der Waals surface area contributed by atoms with Gasteiger partial charge < -0.3 is 5.21 Å². The molecule has 3 heteroatoms. The van der Waals surface area contributed by atoms with Crippen LogP contribution in [0.25, 0.3) is 0 Å². The summed E-state index contributed by atoms with van der Waals surface area (Å²) in [6, 6.07) is 0.